The normalized spacial score (nSPS) is 27.7. The fourth-order valence-corrected chi connectivity index (χ4v) is 2.90. The Morgan fingerprint density at radius 3 is 2.58 bits per heavy atom. The maximum Gasteiger partial charge on any atom is 0.273 e. The molecule has 2 fully saturated rings. The summed E-state index contributed by atoms with van der Waals surface area (Å²) in [6.07, 6.45) is 3.08. The predicted octanol–water partition coefficient (Wildman–Crippen LogP) is 2.29. The quantitative estimate of drug-likeness (QED) is 0.496. The van der Waals surface area contributed by atoms with Crippen molar-refractivity contribution in [2.75, 3.05) is 5.32 Å². The zero-order valence-corrected chi connectivity index (χ0v) is 10.2. The largest absolute Gasteiger partial charge is 0.506 e. The van der Waals surface area contributed by atoms with Crippen molar-refractivity contribution in [1.29, 1.82) is 0 Å². The lowest BCUT2D eigenvalue weighted by atomic mass is 10.0. The molecule has 1 aromatic carbocycles. The minimum Gasteiger partial charge on any atom is -0.506 e. The van der Waals surface area contributed by atoms with Crippen LogP contribution in [0.4, 0.5) is 11.4 Å². The minimum atomic E-state index is -0.587. The molecule has 2 aliphatic rings. The second kappa shape index (κ2) is 4.22. The van der Waals surface area contributed by atoms with Crippen LogP contribution in [0.2, 0.25) is 0 Å². The van der Waals surface area contributed by atoms with Crippen LogP contribution in [0.25, 0.3) is 0 Å². The van der Waals surface area contributed by atoms with E-state index >= 15 is 0 Å². The number of fused-ring (bicyclic) bond motifs is 1. The first-order valence-corrected chi connectivity index (χ1v) is 6.33. The molecule has 1 aromatic rings. The van der Waals surface area contributed by atoms with Crippen LogP contribution >= 0.6 is 0 Å². The summed E-state index contributed by atoms with van der Waals surface area (Å²) in [4.78, 5) is 22.0. The molecule has 2 saturated carbocycles. The lowest BCUT2D eigenvalue weighted by Crippen LogP contribution is -2.21. The number of nitrogens with one attached hydrogen (secondary N) is 1. The average molecular weight is 262 g/mol. The summed E-state index contributed by atoms with van der Waals surface area (Å²) in [7, 11) is 0. The highest BCUT2D eigenvalue weighted by Crippen LogP contribution is 2.54. The minimum absolute atomic E-state index is 0.0124. The van der Waals surface area contributed by atoms with E-state index in [0.717, 1.165) is 18.9 Å². The topological polar surface area (TPSA) is 92.5 Å². The number of benzene rings is 1. The fraction of sp³-hybridized carbons (Fsp3) is 0.462. The Hall–Kier alpha value is -2.11. The van der Waals surface area contributed by atoms with Gasteiger partial charge in [0.1, 0.15) is 5.75 Å². The molecule has 0 aliphatic heterocycles. The molecule has 100 valence electrons. The van der Waals surface area contributed by atoms with Crippen molar-refractivity contribution in [2.45, 2.75) is 19.3 Å². The van der Waals surface area contributed by atoms with Gasteiger partial charge in [-0.2, -0.15) is 0 Å². The van der Waals surface area contributed by atoms with E-state index in [-0.39, 0.29) is 28.9 Å². The van der Waals surface area contributed by atoms with E-state index in [1.807, 2.05) is 0 Å². The van der Waals surface area contributed by atoms with E-state index in [1.165, 1.54) is 18.6 Å². The molecule has 3 rings (SSSR count). The molecule has 0 aromatic heterocycles. The number of amides is 1. The van der Waals surface area contributed by atoms with E-state index in [4.69, 9.17) is 0 Å². The molecule has 2 N–H and O–H groups in total. The number of phenolic OH excluding ortho intramolecular Hbond substituents is 1. The van der Waals surface area contributed by atoms with Crippen LogP contribution in [0.3, 0.4) is 0 Å². The van der Waals surface area contributed by atoms with E-state index in [1.54, 1.807) is 0 Å². The Kier molecular flexibility index (Phi) is 2.66. The van der Waals surface area contributed by atoms with Gasteiger partial charge in [-0.1, -0.05) is 0 Å². The highest BCUT2D eigenvalue weighted by molar-refractivity contribution is 5.94. The third-order valence-electron chi connectivity index (χ3n) is 4.06. The second-order valence-corrected chi connectivity index (χ2v) is 5.37. The van der Waals surface area contributed by atoms with Crippen LogP contribution in [-0.4, -0.2) is 15.9 Å². The summed E-state index contributed by atoms with van der Waals surface area (Å²) >= 11 is 0. The van der Waals surface area contributed by atoms with Gasteiger partial charge in [0.15, 0.2) is 0 Å². The number of nitrogens with zero attached hydrogens (tertiary/aromatic N) is 1. The second-order valence-electron chi connectivity index (χ2n) is 5.37. The molecule has 6 nitrogen and oxygen atoms in total. The highest BCUT2D eigenvalue weighted by atomic mass is 16.6. The summed E-state index contributed by atoms with van der Waals surface area (Å²) in [6, 6.07) is 3.67. The zero-order valence-electron chi connectivity index (χ0n) is 10.2. The number of rotatable bonds is 3. The molecule has 19 heavy (non-hydrogen) atoms. The number of aromatic hydroxyl groups is 1. The van der Waals surface area contributed by atoms with E-state index in [9.17, 15) is 20.0 Å². The number of nitro benzene ring substituents is 1. The van der Waals surface area contributed by atoms with E-state index < -0.39 is 4.92 Å². The summed E-state index contributed by atoms with van der Waals surface area (Å²) in [5, 5.41) is 22.9. The van der Waals surface area contributed by atoms with Crippen molar-refractivity contribution in [1.82, 2.24) is 0 Å². The maximum atomic E-state index is 12.0. The molecular formula is C13H14N2O4. The number of nitro groups is 1. The Labute approximate surface area is 109 Å². The number of non-ortho nitro benzene ring substituents is 1. The smallest absolute Gasteiger partial charge is 0.273 e. The third kappa shape index (κ3) is 2.25. The SMILES string of the molecule is O=C(Nc1ccc([N+](=O)[O-])cc1O)C1CC2CC2C1. The van der Waals surface area contributed by atoms with Gasteiger partial charge in [0.05, 0.1) is 16.7 Å². The molecule has 6 heteroatoms. The van der Waals surface area contributed by atoms with Gasteiger partial charge in [0.25, 0.3) is 5.69 Å². The van der Waals surface area contributed by atoms with Crippen LogP contribution in [0, 0.1) is 27.9 Å². The first-order valence-electron chi connectivity index (χ1n) is 6.33. The molecule has 0 bridgehead atoms. The molecule has 0 spiro atoms. The maximum absolute atomic E-state index is 12.0. The predicted molar refractivity (Wildman–Crippen MR) is 67.7 cm³/mol. The van der Waals surface area contributed by atoms with Crippen molar-refractivity contribution in [3.05, 3.63) is 28.3 Å². The average Bonchev–Trinajstić information content (AvgIpc) is 2.98. The molecule has 2 unspecified atom stereocenters. The number of carbonyl (C=O) groups is 1. The summed E-state index contributed by atoms with van der Waals surface area (Å²) in [5.41, 5.74) is 0.0359. The van der Waals surface area contributed by atoms with Crippen molar-refractivity contribution < 1.29 is 14.8 Å². The van der Waals surface area contributed by atoms with Crippen LogP contribution in [0.5, 0.6) is 5.75 Å². The number of carbonyl (C=O) groups excluding carboxylic acids is 1. The standard InChI is InChI=1S/C13H14N2O4/c16-12-6-10(15(18)19)1-2-11(12)14-13(17)9-4-7-3-8(7)5-9/h1-2,6-9,16H,3-5H2,(H,14,17). The van der Waals surface area contributed by atoms with Crippen molar-refractivity contribution >= 4 is 17.3 Å². The van der Waals surface area contributed by atoms with Gasteiger partial charge in [-0.25, -0.2) is 0 Å². The number of anilines is 1. The van der Waals surface area contributed by atoms with Gasteiger partial charge >= 0.3 is 0 Å². The van der Waals surface area contributed by atoms with Gasteiger partial charge in [0.2, 0.25) is 5.91 Å². The van der Waals surface area contributed by atoms with Crippen LogP contribution in [0.1, 0.15) is 19.3 Å². The van der Waals surface area contributed by atoms with Gasteiger partial charge in [-0.3, -0.25) is 14.9 Å². The molecule has 0 saturated heterocycles. The van der Waals surface area contributed by atoms with Gasteiger partial charge in [0, 0.05) is 12.0 Å². The Morgan fingerprint density at radius 2 is 2.00 bits per heavy atom. The van der Waals surface area contributed by atoms with Gasteiger partial charge in [-0.05, 0) is 37.2 Å². The molecule has 0 radical (unpaired) electrons. The van der Waals surface area contributed by atoms with Crippen molar-refractivity contribution in [3.8, 4) is 5.75 Å². The highest BCUT2D eigenvalue weighted by Gasteiger charge is 2.48. The summed E-state index contributed by atoms with van der Waals surface area (Å²) in [5.74, 6) is 1.06. The molecule has 1 amide bonds. The summed E-state index contributed by atoms with van der Waals surface area (Å²) < 4.78 is 0. The number of hydrogen-bond acceptors (Lipinski definition) is 4. The van der Waals surface area contributed by atoms with Crippen LogP contribution < -0.4 is 5.32 Å². The van der Waals surface area contributed by atoms with Crippen molar-refractivity contribution in [2.24, 2.45) is 17.8 Å². The van der Waals surface area contributed by atoms with Crippen LogP contribution in [-0.2, 0) is 4.79 Å². The number of hydrogen-bond donors (Lipinski definition) is 2. The third-order valence-corrected chi connectivity index (χ3v) is 4.06. The lowest BCUT2D eigenvalue weighted by Gasteiger charge is -2.13. The first kappa shape index (κ1) is 12.0. The first-order chi connectivity index (χ1) is 9.04. The Balaban J connectivity index is 1.69. The number of phenols is 1. The molecule has 2 atom stereocenters. The summed E-state index contributed by atoms with van der Waals surface area (Å²) in [6.45, 7) is 0. The molecule has 2 aliphatic carbocycles. The molecule has 0 heterocycles. The lowest BCUT2D eigenvalue weighted by molar-refractivity contribution is -0.384. The van der Waals surface area contributed by atoms with Crippen molar-refractivity contribution in [3.63, 3.8) is 0 Å². The molecular weight excluding hydrogens is 248 g/mol. The Bertz CT molecular complexity index is 548. The van der Waals surface area contributed by atoms with Gasteiger partial charge in [-0.15, -0.1) is 0 Å². The monoisotopic (exact) mass is 262 g/mol. The van der Waals surface area contributed by atoms with E-state index in [2.05, 4.69) is 5.32 Å². The van der Waals surface area contributed by atoms with Gasteiger partial charge < -0.3 is 10.4 Å². The fourth-order valence-electron chi connectivity index (χ4n) is 2.90. The van der Waals surface area contributed by atoms with E-state index in [0.29, 0.717) is 11.8 Å². The Morgan fingerprint density at radius 1 is 1.32 bits per heavy atom. The zero-order chi connectivity index (χ0) is 13.6. The van der Waals surface area contributed by atoms with Crippen LogP contribution in [0.15, 0.2) is 18.2 Å².